The number of halogens is 1. The lowest BCUT2D eigenvalue weighted by Crippen LogP contribution is -2.33. The number of nitrogens with one attached hydrogen (secondary N) is 2. The van der Waals surface area contributed by atoms with Crippen molar-refractivity contribution in [3.8, 4) is 0 Å². The van der Waals surface area contributed by atoms with Crippen LogP contribution in [0.1, 0.15) is 6.23 Å². The third kappa shape index (κ3) is 2.13. The lowest BCUT2D eigenvalue weighted by molar-refractivity contribution is -0.0521. The number of rotatable bonds is 2. The molecule has 0 radical (unpaired) electrons. The molecule has 3 rings (SSSR count). The molecule has 0 amide bonds. The number of aliphatic hydroxyl groups is 3. The molecule has 1 aliphatic rings. The molecule has 0 saturated carbocycles. The first-order valence-electron chi connectivity index (χ1n) is 5.96. The van der Waals surface area contributed by atoms with Gasteiger partial charge in [0.1, 0.15) is 18.3 Å². The van der Waals surface area contributed by atoms with E-state index in [2.05, 4.69) is 25.9 Å². The van der Waals surface area contributed by atoms with Crippen LogP contribution in [-0.2, 0) is 4.74 Å². The number of hydrogen-bond donors (Lipinski definition) is 5. The Balaban J connectivity index is 2.19. The highest BCUT2D eigenvalue weighted by atomic mass is 79.9. The van der Waals surface area contributed by atoms with E-state index in [9.17, 15) is 19.8 Å². The minimum absolute atomic E-state index is 0.0328. The first kappa shape index (κ1) is 14.4. The number of nitrogens with zero attached hydrogens (tertiary/aromatic N) is 2. The Hall–Kier alpha value is -1.53. The summed E-state index contributed by atoms with van der Waals surface area (Å²) in [6.45, 7) is -0.490. The van der Waals surface area contributed by atoms with Crippen molar-refractivity contribution < 1.29 is 20.1 Å². The van der Waals surface area contributed by atoms with Crippen LogP contribution in [0, 0.1) is 0 Å². The molecule has 4 atom stereocenters. The number of imidazole rings is 1. The van der Waals surface area contributed by atoms with Crippen molar-refractivity contribution in [1.29, 1.82) is 0 Å². The van der Waals surface area contributed by atoms with Gasteiger partial charge < -0.3 is 20.1 Å². The number of hydrogen-bond acceptors (Lipinski definition) is 7. The molecule has 1 fully saturated rings. The second-order valence-corrected chi connectivity index (χ2v) is 5.29. The molecule has 11 heteroatoms. The van der Waals surface area contributed by atoms with Crippen LogP contribution in [0.4, 0.5) is 0 Å². The summed E-state index contributed by atoms with van der Waals surface area (Å²) in [5.74, 6) is 0. The van der Waals surface area contributed by atoms with Gasteiger partial charge in [-0.05, 0) is 15.9 Å². The molecule has 0 spiro atoms. The lowest BCUT2D eigenvalue weighted by Gasteiger charge is -2.17. The minimum Gasteiger partial charge on any atom is -0.394 e. The standard InChI is InChI=1S/C10H11BrN4O6/c11-9-12-3-6(13-10(20)14-7(3)19)15(9)8-5(18)4(17)2(1-16)21-8/h2,4-5,8,16-18H,1H2,(H2,13,14,19,20)/t2-,4+,5+,8+/m1/s1. The van der Waals surface area contributed by atoms with E-state index < -0.39 is 42.4 Å². The number of fused-ring (bicyclic) bond motifs is 1. The Bertz CT molecular complexity index is 797. The molecule has 0 aromatic carbocycles. The predicted molar refractivity (Wildman–Crippen MR) is 71.7 cm³/mol. The van der Waals surface area contributed by atoms with Crippen LogP contribution in [0.5, 0.6) is 0 Å². The zero-order chi connectivity index (χ0) is 15.3. The van der Waals surface area contributed by atoms with Gasteiger partial charge in [-0.1, -0.05) is 0 Å². The summed E-state index contributed by atoms with van der Waals surface area (Å²) in [5, 5.41) is 28.9. The molecular weight excluding hydrogens is 352 g/mol. The topological polar surface area (TPSA) is 153 Å². The Labute approximate surface area is 124 Å². The van der Waals surface area contributed by atoms with Gasteiger partial charge in [0.15, 0.2) is 22.1 Å². The SMILES string of the molecule is O=c1[nH]c(=O)c2nc(Br)n([C@H]3O[C@H](CO)[C@H](O)[C@@H]3O)c2[nH]1. The van der Waals surface area contributed by atoms with Gasteiger partial charge in [0.25, 0.3) is 5.56 Å². The number of aromatic nitrogens is 4. The van der Waals surface area contributed by atoms with Crippen molar-refractivity contribution >= 4 is 27.1 Å². The summed E-state index contributed by atoms with van der Waals surface area (Å²) < 4.78 is 6.71. The van der Waals surface area contributed by atoms with E-state index in [0.717, 1.165) is 0 Å². The molecule has 0 unspecified atom stereocenters. The highest BCUT2D eigenvalue weighted by Gasteiger charge is 2.44. The lowest BCUT2D eigenvalue weighted by atomic mass is 10.1. The molecule has 1 saturated heterocycles. The Kier molecular flexibility index (Phi) is 3.45. The van der Waals surface area contributed by atoms with E-state index in [0.29, 0.717) is 0 Å². The van der Waals surface area contributed by atoms with Crippen LogP contribution < -0.4 is 11.2 Å². The number of ether oxygens (including phenoxy) is 1. The van der Waals surface area contributed by atoms with Gasteiger partial charge in [-0.3, -0.25) is 19.3 Å². The summed E-state index contributed by atoms with van der Waals surface area (Å²) in [6, 6.07) is 0. The summed E-state index contributed by atoms with van der Waals surface area (Å²) in [6.07, 6.45) is -4.77. The average Bonchev–Trinajstić information content (AvgIpc) is 2.89. The predicted octanol–water partition coefficient (Wildman–Crippen LogP) is -2.21. The van der Waals surface area contributed by atoms with Crippen LogP contribution in [0.3, 0.4) is 0 Å². The fraction of sp³-hybridized carbons (Fsp3) is 0.500. The summed E-state index contributed by atoms with van der Waals surface area (Å²) in [7, 11) is 0. The second kappa shape index (κ2) is 5.03. The van der Waals surface area contributed by atoms with Gasteiger partial charge in [0, 0.05) is 0 Å². The maximum atomic E-state index is 11.7. The molecule has 2 aromatic heterocycles. The Morgan fingerprint density at radius 2 is 2.00 bits per heavy atom. The number of aliphatic hydroxyl groups excluding tert-OH is 3. The van der Waals surface area contributed by atoms with Gasteiger partial charge >= 0.3 is 5.69 Å². The minimum atomic E-state index is -1.36. The average molecular weight is 363 g/mol. The van der Waals surface area contributed by atoms with Crippen LogP contribution in [-0.4, -0.2) is 59.8 Å². The smallest absolute Gasteiger partial charge is 0.327 e. The number of aromatic amines is 2. The highest BCUT2D eigenvalue weighted by molar-refractivity contribution is 9.10. The Morgan fingerprint density at radius 1 is 1.29 bits per heavy atom. The van der Waals surface area contributed by atoms with Crippen LogP contribution >= 0.6 is 15.9 Å². The zero-order valence-corrected chi connectivity index (χ0v) is 11.9. The summed E-state index contributed by atoms with van der Waals surface area (Å²) >= 11 is 3.11. The van der Waals surface area contributed by atoms with E-state index >= 15 is 0 Å². The van der Waals surface area contributed by atoms with E-state index in [4.69, 9.17) is 9.84 Å². The molecule has 0 aliphatic carbocycles. The molecule has 1 aliphatic heterocycles. The molecular formula is C10H11BrN4O6. The van der Waals surface area contributed by atoms with E-state index in [1.165, 1.54) is 4.57 Å². The first-order chi connectivity index (χ1) is 9.93. The summed E-state index contributed by atoms with van der Waals surface area (Å²) in [5.41, 5.74) is -1.46. The second-order valence-electron chi connectivity index (χ2n) is 4.59. The Morgan fingerprint density at radius 3 is 2.62 bits per heavy atom. The van der Waals surface area contributed by atoms with E-state index in [-0.39, 0.29) is 15.9 Å². The van der Waals surface area contributed by atoms with Crippen molar-refractivity contribution in [3.63, 3.8) is 0 Å². The van der Waals surface area contributed by atoms with Crippen molar-refractivity contribution in [3.05, 3.63) is 25.6 Å². The maximum Gasteiger partial charge on any atom is 0.327 e. The third-order valence-electron chi connectivity index (χ3n) is 3.31. The fourth-order valence-electron chi connectivity index (χ4n) is 2.31. The highest BCUT2D eigenvalue weighted by Crippen LogP contribution is 2.33. The molecule has 2 aromatic rings. The number of H-pyrrole nitrogens is 2. The van der Waals surface area contributed by atoms with Gasteiger partial charge in [0.2, 0.25) is 0 Å². The largest absolute Gasteiger partial charge is 0.394 e. The molecule has 3 heterocycles. The molecule has 10 nitrogen and oxygen atoms in total. The quantitative estimate of drug-likeness (QED) is 0.379. The van der Waals surface area contributed by atoms with E-state index in [1.807, 2.05) is 4.98 Å². The van der Waals surface area contributed by atoms with Crippen molar-refractivity contribution in [1.82, 2.24) is 19.5 Å². The zero-order valence-electron chi connectivity index (χ0n) is 10.4. The van der Waals surface area contributed by atoms with Gasteiger partial charge in [-0.15, -0.1) is 0 Å². The molecule has 0 bridgehead atoms. The van der Waals surface area contributed by atoms with Gasteiger partial charge in [0.05, 0.1) is 6.61 Å². The third-order valence-corrected chi connectivity index (χ3v) is 3.87. The van der Waals surface area contributed by atoms with Crippen molar-refractivity contribution in [2.45, 2.75) is 24.5 Å². The van der Waals surface area contributed by atoms with Gasteiger partial charge in [-0.25, -0.2) is 9.78 Å². The van der Waals surface area contributed by atoms with Crippen molar-refractivity contribution in [2.75, 3.05) is 6.61 Å². The molecule has 5 N–H and O–H groups in total. The van der Waals surface area contributed by atoms with E-state index in [1.54, 1.807) is 0 Å². The monoisotopic (exact) mass is 362 g/mol. The molecule has 21 heavy (non-hydrogen) atoms. The van der Waals surface area contributed by atoms with Crippen molar-refractivity contribution in [2.24, 2.45) is 0 Å². The maximum absolute atomic E-state index is 11.7. The van der Waals surface area contributed by atoms with Crippen LogP contribution in [0.25, 0.3) is 11.2 Å². The fourth-order valence-corrected chi connectivity index (χ4v) is 2.87. The molecule has 114 valence electrons. The van der Waals surface area contributed by atoms with Crippen LogP contribution in [0.15, 0.2) is 14.3 Å². The van der Waals surface area contributed by atoms with Crippen LogP contribution in [0.2, 0.25) is 0 Å². The summed E-state index contributed by atoms with van der Waals surface area (Å²) in [4.78, 5) is 31.4. The normalized spacial score (nSPS) is 29.3. The van der Waals surface area contributed by atoms with Gasteiger partial charge in [-0.2, -0.15) is 0 Å². The first-order valence-corrected chi connectivity index (χ1v) is 6.76.